The highest BCUT2D eigenvalue weighted by Crippen LogP contribution is 2.35. The van der Waals surface area contributed by atoms with Gasteiger partial charge in [-0.1, -0.05) is 45.0 Å². The zero-order valence-corrected chi connectivity index (χ0v) is 16.7. The first-order chi connectivity index (χ1) is 13.2. The van der Waals surface area contributed by atoms with Crippen LogP contribution in [-0.2, 0) is 14.9 Å². The standard InChI is InChI=1S/C23H24O5/c1-14(22(25)26-5)27-17-10-11-18-19(13-17)28-20(21(18)24)12-15-6-8-16(9-7-15)23(2,3)4/h6-14H,1-5H3/b20-12-/t14-/m0/s1. The second-order valence-corrected chi connectivity index (χ2v) is 7.75. The minimum absolute atomic E-state index is 0.0688. The second kappa shape index (κ2) is 7.50. The molecule has 0 saturated heterocycles. The van der Waals surface area contributed by atoms with Gasteiger partial charge in [0.2, 0.25) is 5.78 Å². The van der Waals surface area contributed by atoms with Crippen LogP contribution in [0, 0.1) is 0 Å². The van der Waals surface area contributed by atoms with E-state index in [2.05, 4.69) is 37.6 Å². The number of methoxy groups -OCH3 is 1. The first kappa shape index (κ1) is 19.7. The van der Waals surface area contributed by atoms with Crippen LogP contribution in [0.1, 0.15) is 49.2 Å². The topological polar surface area (TPSA) is 61.8 Å². The summed E-state index contributed by atoms with van der Waals surface area (Å²) >= 11 is 0. The predicted molar refractivity (Wildman–Crippen MR) is 107 cm³/mol. The van der Waals surface area contributed by atoms with E-state index in [9.17, 15) is 9.59 Å². The highest BCUT2D eigenvalue weighted by Gasteiger charge is 2.28. The Morgan fingerprint density at radius 3 is 2.39 bits per heavy atom. The molecule has 0 aromatic heterocycles. The number of ketones is 1. The molecular weight excluding hydrogens is 356 g/mol. The summed E-state index contributed by atoms with van der Waals surface area (Å²) in [6.45, 7) is 8.06. The summed E-state index contributed by atoms with van der Waals surface area (Å²) in [7, 11) is 1.30. The molecule has 5 heteroatoms. The molecule has 0 spiro atoms. The Labute approximate surface area is 164 Å². The molecule has 3 rings (SSSR count). The van der Waals surface area contributed by atoms with E-state index < -0.39 is 12.1 Å². The number of hydrogen-bond donors (Lipinski definition) is 0. The number of rotatable bonds is 4. The lowest BCUT2D eigenvalue weighted by molar-refractivity contribution is -0.147. The minimum Gasteiger partial charge on any atom is -0.479 e. The number of hydrogen-bond acceptors (Lipinski definition) is 5. The largest absolute Gasteiger partial charge is 0.479 e. The highest BCUT2D eigenvalue weighted by molar-refractivity contribution is 6.14. The molecule has 0 N–H and O–H groups in total. The van der Waals surface area contributed by atoms with E-state index in [0.29, 0.717) is 17.1 Å². The van der Waals surface area contributed by atoms with Gasteiger partial charge < -0.3 is 14.2 Å². The smallest absolute Gasteiger partial charge is 0.346 e. The average Bonchev–Trinajstić information content (AvgIpc) is 2.95. The molecule has 0 amide bonds. The van der Waals surface area contributed by atoms with E-state index in [1.165, 1.54) is 12.7 Å². The molecule has 0 radical (unpaired) electrons. The summed E-state index contributed by atoms with van der Waals surface area (Å²) in [6, 6.07) is 12.9. The van der Waals surface area contributed by atoms with E-state index in [4.69, 9.17) is 9.47 Å². The Hall–Kier alpha value is -3.08. The van der Waals surface area contributed by atoms with Crippen molar-refractivity contribution in [2.75, 3.05) is 7.11 Å². The Balaban J connectivity index is 1.79. The molecule has 0 aliphatic carbocycles. The van der Waals surface area contributed by atoms with Gasteiger partial charge in [-0.2, -0.15) is 0 Å². The average molecular weight is 380 g/mol. The fourth-order valence-electron chi connectivity index (χ4n) is 2.89. The van der Waals surface area contributed by atoms with Gasteiger partial charge in [0.25, 0.3) is 0 Å². The zero-order valence-electron chi connectivity index (χ0n) is 16.7. The van der Waals surface area contributed by atoms with Gasteiger partial charge in [0, 0.05) is 6.07 Å². The number of esters is 1. The van der Waals surface area contributed by atoms with Crippen LogP contribution in [0.3, 0.4) is 0 Å². The molecule has 1 heterocycles. The quantitative estimate of drug-likeness (QED) is 0.576. The van der Waals surface area contributed by atoms with E-state index in [1.807, 2.05) is 12.1 Å². The van der Waals surface area contributed by atoms with Gasteiger partial charge in [-0.25, -0.2) is 4.79 Å². The molecule has 0 unspecified atom stereocenters. The van der Waals surface area contributed by atoms with Crippen molar-refractivity contribution in [3.8, 4) is 11.5 Å². The number of carbonyl (C=O) groups is 2. The van der Waals surface area contributed by atoms with Crippen LogP contribution >= 0.6 is 0 Å². The fourth-order valence-corrected chi connectivity index (χ4v) is 2.89. The van der Waals surface area contributed by atoms with E-state index in [1.54, 1.807) is 31.2 Å². The van der Waals surface area contributed by atoms with Crippen molar-refractivity contribution in [2.24, 2.45) is 0 Å². The molecule has 1 atom stereocenters. The summed E-state index contributed by atoms with van der Waals surface area (Å²) in [5, 5.41) is 0. The van der Waals surface area contributed by atoms with Crippen molar-refractivity contribution in [2.45, 2.75) is 39.2 Å². The van der Waals surface area contributed by atoms with Gasteiger partial charge in [0.15, 0.2) is 11.9 Å². The molecule has 1 aliphatic heterocycles. The number of ether oxygens (including phenoxy) is 3. The van der Waals surface area contributed by atoms with Crippen molar-refractivity contribution in [1.82, 2.24) is 0 Å². The summed E-state index contributed by atoms with van der Waals surface area (Å²) in [5.41, 5.74) is 2.65. The van der Waals surface area contributed by atoms with Crippen LogP contribution in [0.4, 0.5) is 0 Å². The van der Waals surface area contributed by atoms with Crippen LogP contribution in [0.15, 0.2) is 48.2 Å². The normalized spacial score (nSPS) is 15.8. The third kappa shape index (κ3) is 4.09. The van der Waals surface area contributed by atoms with Gasteiger partial charge >= 0.3 is 5.97 Å². The van der Waals surface area contributed by atoms with Crippen molar-refractivity contribution in [3.63, 3.8) is 0 Å². The minimum atomic E-state index is -0.753. The predicted octanol–water partition coefficient (Wildman–Crippen LogP) is 4.54. The summed E-state index contributed by atoms with van der Waals surface area (Å²) in [5.74, 6) is 0.452. The van der Waals surface area contributed by atoms with Gasteiger partial charge in [0.1, 0.15) is 11.5 Å². The lowest BCUT2D eigenvalue weighted by Gasteiger charge is -2.18. The Kier molecular flexibility index (Phi) is 5.27. The van der Waals surface area contributed by atoms with Crippen LogP contribution < -0.4 is 9.47 Å². The third-order valence-corrected chi connectivity index (χ3v) is 4.56. The van der Waals surface area contributed by atoms with Gasteiger partial charge in [-0.15, -0.1) is 0 Å². The number of carbonyl (C=O) groups excluding carboxylic acids is 2. The van der Waals surface area contributed by atoms with Crippen LogP contribution in [0.2, 0.25) is 0 Å². The summed E-state index contributed by atoms with van der Waals surface area (Å²) in [4.78, 5) is 24.1. The van der Waals surface area contributed by atoms with Gasteiger partial charge in [-0.05, 0) is 41.7 Å². The SMILES string of the molecule is COC(=O)[C@H](C)Oc1ccc2c(c1)O/C(=C\c1ccc(C(C)(C)C)cc1)C2=O. The summed E-state index contributed by atoms with van der Waals surface area (Å²) in [6.07, 6.45) is 0.975. The third-order valence-electron chi connectivity index (χ3n) is 4.56. The number of fused-ring (bicyclic) bond motifs is 1. The summed E-state index contributed by atoms with van der Waals surface area (Å²) < 4.78 is 15.9. The molecular formula is C23H24O5. The lowest BCUT2D eigenvalue weighted by Crippen LogP contribution is -2.24. The molecule has 2 aromatic rings. The van der Waals surface area contributed by atoms with E-state index >= 15 is 0 Å². The van der Waals surface area contributed by atoms with Crippen molar-refractivity contribution < 1.29 is 23.8 Å². The monoisotopic (exact) mass is 380 g/mol. The van der Waals surface area contributed by atoms with Gasteiger partial charge in [-0.3, -0.25) is 4.79 Å². The van der Waals surface area contributed by atoms with E-state index in [-0.39, 0.29) is 17.0 Å². The van der Waals surface area contributed by atoms with Crippen molar-refractivity contribution >= 4 is 17.8 Å². The molecule has 1 aliphatic rings. The van der Waals surface area contributed by atoms with Crippen molar-refractivity contribution in [3.05, 3.63) is 64.9 Å². The highest BCUT2D eigenvalue weighted by atomic mass is 16.6. The maximum atomic E-state index is 12.6. The molecule has 0 saturated carbocycles. The Bertz CT molecular complexity index is 932. The van der Waals surface area contributed by atoms with Crippen molar-refractivity contribution in [1.29, 1.82) is 0 Å². The van der Waals surface area contributed by atoms with Crippen LogP contribution in [0.25, 0.3) is 6.08 Å². The molecule has 5 nitrogen and oxygen atoms in total. The number of Topliss-reactive ketones (excluding diaryl/α,β-unsaturated/α-hetero) is 1. The molecule has 146 valence electrons. The first-order valence-electron chi connectivity index (χ1n) is 9.12. The van der Waals surface area contributed by atoms with E-state index in [0.717, 1.165) is 5.56 Å². The Morgan fingerprint density at radius 2 is 1.79 bits per heavy atom. The fraction of sp³-hybridized carbons (Fsp3) is 0.304. The molecule has 2 aromatic carbocycles. The molecule has 0 bridgehead atoms. The first-order valence-corrected chi connectivity index (χ1v) is 9.12. The lowest BCUT2D eigenvalue weighted by atomic mass is 9.86. The van der Waals surface area contributed by atoms with Gasteiger partial charge in [0.05, 0.1) is 12.7 Å². The zero-order chi connectivity index (χ0) is 20.5. The second-order valence-electron chi connectivity index (χ2n) is 7.75. The maximum absolute atomic E-state index is 12.6. The number of benzene rings is 2. The van der Waals surface area contributed by atoms with Crippen LogP contribution in [-0.4, -0.2) is 25.0 Å². The number of allylic oxidation sites excluding steroid dienone is 1. The maximum Gasteiger partial charge on any atom is 0.346 e. The molecule has 0 fully saturated rings. The Morgan fingerprint density at radius 1 is 1.11 bits per heavy atom. The van der Waals surface area contributed by atoms with Crippen LogP contribution in [0.5, 0.6) is 11.5 Å². The molecule has 28 heavy (non-hydrogen) atoms.